The number of aromatic nitrogens is 1. The molecule has 0 saturated carbocycles. The summed E-state index contributed by atoms with van der Waals surface area (Å²) in [5.41, 5.74) is 1.45. The molecule has 0 bridgehead atoms. The second-order valence-electron chi connectivity index (χ2n) is 4.00. The van der Waals surface area contributed by atoms with Gasteiger partial charge in [0.2, 0.25) is 0 Å². The molecule has 0 aliphatic rings. The topological polar surface area (TPSA) is 62.6 Å². The first kappa shape index (κ1) is 12.5. The number of aliphatic hydroxyl groups is 2. The minimum Gasteiger partial charge on any atom is -0.456 e. The van der Waals surface area contributed by atoms with Crippen LogP contribution in [0.4, 0.5) is 0 Å². The van der Waals surface area contributed by atoms with Gasteiger partial charge in [-0.05, 0) is 36.8 Å². The number of ether oxygens (including phenoxy) is 1. The summed E-state index contributed by atoms with van der Waals surface area (Å²) >= 11 is 0. The molecule has 0 amide bonds. The van der Waals surface area contributed by atoms with Gasteiger partial charge in [-0.15, -0.1) is 0 Å². The highest BCUT2D eigenvalue weighted by Crippen LogP contribution is 2.22. The smallest absolute Gasteiger partial charge is 0.145 e. The van der Waals surface area contributed by atoms with Crippen molar-refractivity contribution in [1.29, 1.82) is 0 Å². The van der Waals surface area contributed by atoms with Gasteiger partial charge in [0, 0.05) is 0 Å². The number of aliphatic hydroxyl groups excluding tert-OH is 2. The highest BCUT2D eigenvalue weighted by atomic mass is 16.5. The summed E-state index contributed by atoms with van der Waals surface area (Å²) in [6, 6.07) is 10.7. The van der Waals surface area contributed by atoms with Crippen LogP contribution in [-0.4, -0.2) is 15.2 Å². The van der Waals surface area contributed by atoms with Gasteiger partial charge in [0.25, 0.3) is 0 Å². The van der Waals surface area contributed by atoms with E-state index < -0.39 is 6.10 Å². The normalized spacial score (nSPS) is 12.2. The van der Waals surface area contributed by atoms with Crippen molar-refractivity contribution in [3.63, 3.8) is 0 Å². The Labute approximate surface area is 106 Å². The molecule has 18 heavy (non-hydrogen) atoms. The summed E-state index contributed by atoms with van der Waals surface area (Å²) in [4.78, 5) is 4.09. The van der Waals surface area contributed by atoms with Crippen LogP contribution in [0.3, 0.4) is 0 Å². The number of hydrogen-bond acceptors (Lipinski definition) is 4. The summed E-state index contributed by atoms with van der Waals surface area (Å²) in [5.74, 6) is 1.29. The minimum absolute atomic E-state index is 0.0188. The molecule has 1 aromatic carbocycles. The van der Waals surface area contributed by atoms with Crippen molar-refractivity contribution in [2.24, 2.45) is 0 Å². The van der Waals surface area contributed by atoms with E-state index >= 15 is 0 Å². The van der Waals surface area contributed by atoms with Crippen LogP contribution >= 0.6 is 0 Å². The molecule has 2 N–H and O–H groups in total. The van der Waals surface area contributed by atoms with Gasteiger partial charge >= 0.3 is 0 Å². The zero-order valence-electron chi connectivity index (χ0n) is 10.1. The third-order valence-corrected chi connectivity index (χ3v) is 2.53. The van der Waals surface area contributed by atoms with Crippen LogP contribution in [0.25, 0.3) is 0 Å². The van der Waals surface area contributed by atoms with Crippen molar-refractivity contribution < 1.29 is 14.9 Å². The highest BCUT2D eigenvalue weighted by molar-refractivity contribution is 5.32. The fourth-order valence-electron chi connectivity index (χ4n) is 1.50. The Hall–Kier alpha value is -1.91. The van der Waals surface area contributed by atoms with Gasteiger partial charge in [-0.25, -0.2) is 0 Å². The van der Waals surface area contributed by atoms with Crippen molar-refractivity contribution in [3.8, 4) is 11.5 Å². The van der Waals surface area contributed by atoms with Gasteiger partial charge < -0.3 is 14.9 Å². The monoisotopic (exact) mass is 245 g/mol. The standard InChI is InChI=1S/C14H15NO3/c1-10(17)14-7-6-13(8-15-14)18-12-4-2-11(9-16)3-5-12/h2-8,10,16-17H,9H2,1H3/t10-/m0/s1. The maximum Gasteiger partial charge on any atom is 0.145 e. The van der Waals surface area contributed by atoms with Gasteiger partial charge in [-0.3, -0.25) is 4.98 Å². The van der Waals surface area contributed by atoms with Crippen LogP contribution in [0.5, 0.6) is 11.5 Å². The predicted octanol–water partition coefficient (Wildman–Crippen LogP) is 2.42. The van der Waals surface area contributed by atoms with Crippen LogP contribution in [0.2, 0.25) is 0 Å². The third kappa shape index (κ3) is 3.06. The molecule has 4 nitrogen and oxygen atoms in total. The number of benzene rings is 1. The van der Waals surface area contributed by atoms with Gasteiger partial charge in [0.1, 0.15) is 11.5 Å². The number of hydrogen-bond donors (Lipinski definition) is 2. The molecule has 0 unspecified atom stereocenters. The summed E-state index contributed by atoms with van der Waals surface area (Å²) in [6.07, 6.45) is 0.991. The molecular formula is C14H15NO3. The Kier molecular flexibility index (Phi) is 3.92. The van der Waals surface area contributed by atoms with Crippen LogP contribution in [0.15, 0.2) is 42.6 Å². The number of nitrogens with zero attached hydrogens (tertiary/aromatic N) is 1. The molecule has 0 aliphatic carbocycles. The fourth-order valence-corrected chi connectivity index (χ4v) is 1.50. The molecule has 0 spiro atoms. The van der Waals surface area contributed by atoms with Crippen molar-refractivity contribution >= 4 is 0 Å². The Balaban J connectivity index is 2.08. The molecule has 2 aromatic rings. The first-order chi connectivity index (χ1) is 8.69. The Morgan fingerprint density at radius 2 is 1.78 bits per heavy atom. The second kappa shape index (κ2) is 5.62. The van der Waals surface area contributed by atoms with E-state index in [2.05, 4.69) is 4.98 Å². The Bertz CT molecular complexity index is 491. The summed E-state index contributed by atoms with van der Waals surface area (Å²) < 4.78 is 5.59. The Morgan fingerprint density at radius 1 is 1.11 bits per heavy atom. The van der Waals surface area contributed by atoms with E-state index in [1.54, 1.807) is 49.5 Å². The first-order valence-corrected chi connectivity index (χ1v) is 5.70. The summed E-state index contributed by atoms with van der Waals surface area (Å²) in [6.45, 7) is 1.68. The zero-order valence-corrected chi connectivity index (χ0v) is 10.1. The minimum atomic E-state index is -0.581. The van der Waals surface area contributed by atoms with E-state index in [-0.39, 0.29) is 6.61 Å². The van der Waals surface area contributed by atoms with E-state index in [0.717, 1.165) is 5.56 Å². The van der Waals surface area contributed by atoms with E-state index in [9.17, 15) is 5.11 Å². The van der Waals surface area contributed by atoms with Crippen molar-refractivity contribution in [2.75, 3.05) is 0 Å². The number of pyridine rings is 1. The fraction of sp³-hybridized carbons (Fsp3) is 0.214. The number of rotatable bonds is 4. The molecule has 2 rings (SSSR count). The predicted molar refractivity (Wildman–Crippen MR) is 67.3 cm³/mol. The first-order valence-electron chi connectivity index (χ1n) is 5.70. The molecule has 1 heterocycles. The lowest BCUT2D eigenvalue weighted by Gasteiger charge is -2.07. The molecule has 4 heteroatoms. The van der Waals surface area contributed by atoms with Crippen LogP contribution < -0.4 is 4.74 Å². The maximum absolute atomic E-state index is 9.34. The molecule has 0 radical (unpaired) electrons. The second-order valence-corrected chi connectivity index (χ2v) is 4.00. The van der Waals surface area contributed by atoms with Crippen LogP contribution in [0.1, 0.15) is 24.3 Å². The van der Waals surface area contributed by atoms with Crippen LogP contribution in [-0.2, 0) is 6.61 Å². The average Bonchev–Trinajstić information content (AvgIpc) is 2.40. The van der Waals surface area contributed by atoms with Crippen LogP contribution in [0, 0.1) is 0 Å². The van der Waals surface area contributed by atoms with Gasteiger partial charge in [0.15, 0.2) is 0 Å². The average molecular weight is 245 g/mol. The largest absolute Gasteiger partial charge is 0.456 e. The molecule has 0 aliphatic heterocycles. The van der Waals surface area contributed by atoms with Crippen molar-refractivity contribution in [3.05, 3.63) is 53.9 Å². The zero-order chi connectivity index (χ0) is 13.0. The Morgan fingerprint density at radius 3 is 2.28 bits per heavy atom. The molecule has 1 aromatic heterocycles. The lowest BCUT2D eigenvalue weighted by atomic mass is 10.2. The quantitative estimate of drug-likeness (QED) is 0.868. The van der Waals surface area contributed by atoms with Gasteiger partial charge in [-0.2, -0.15) is 0 Å². The molecule has 0 saturated heterocycles. The maximum atomic E-state index is 9.34. The van der Waals surface area contributed by atoms with Crippen molar-refractivity contribution in [1.82, 2.24) is 4.98 Å². The lowest BCUT2D eigenvalue weighted by Crippen LogP contribution is -1.95. The lowest BCUT2D eigenvalue weighted by molar-refractivity contribution is 0.194. The SMILES string of the molecule is C[C@H](O)c1ccc(Oc2ccc(CO)cc2)cn1. The van der Waals surface area contributed by atoms with Crippen molar-refractivity contribution in [2.45, 2.75) is 19.6 Å². The highest BCUT2D eigenvalue weighted by Gasteiger charge is 2.03. The molecule has 0 fully saturated rings. The molecule has 94 valence electrons. The van der Waals surface area contributed by atoms with E-state index in [1.807, 2.05) is 0 Å². The van der Waals surface area contributed by atoms with Gasteiger partial charge in [-0.1, -0.05) is 12.1 Å². The van der Waals surface area contributed by atoms with E-state index in [4.69, 9.17) is 9.84 Å². The molecule has 1 atom stereocenters. The van der Waals surface area contributed by atoms with Gasteiger partial charge in [0.05, 0.1) is 24.6 Å². The molecular weight excluding hydrogens is 230 g/mol. The summed E-state index contributed by atoms with van der Waals surface area (Å²) in [7, 11) is 0. The summed E-state index contributed by atoms with van der Waals surface area (Å²) in [5, 5.41) is 18.3. The third-order valence-electron chi connectivity index (χ3n) is 2.53. The van der Waals surface area contributed by atoms with E-state index in [1.165, 1.54) is 0 Å². The van der Waals surface area contributed by atoms with E-state index in [0.29, 0.717) is 17.2 Å².